The Morgan fingerprint density at radius 1 is 1.03 bits per heavy atom. The van der Waals surface area contributed by atoms with Gasteiger partial charge < -0.3 is 4.43 Å². The molecule has 0 saturated heterocycles. The molecule has 0 bridgehead atoms. The first-order chi connectivity index (χ1) is 14.2. The first-order valence-corrected chi connectivity index (χ1v) is 15.1. The zero-order valence-corrected chi connectivity index (χ0v) is 21.5. The quantitative estimate of drug-likeness (QED) is 0.362. The van der Waals surface area contributed by atoms with E-state index in [1.165, 1.54) is 24.3 Å². The van der Waals surface area contributed by atoms with Crippen LogP contribution in [0.3, 0.4) is 0 Å². The molecule has 0 aliphatic heterocycles. The maximum atomic E-state index is 15.2. The SMILES string of the molecule is CCCC[C@@](O[Si](C)(C)C(C)(C)C)(c1cc(F)ccc1F)S(=O)(=O)c1ccc(Cl)cc1. The molecule has 0 saturated carbocycles. The van der Waals surface area contributed by atoms with Crippen molar-refractivity contribution in [3.8, 4) is 0 Å². The minimum Gasteiger partial charge on any atom is -0.395 e. The number of rotatable bonds is 8. The summed E-state index contributed by atoms with van der Waals surface area (Å²) in [4.78, 5) is -2.11. The average Bonchev–Trinajstić information content (AvgIpc) is 2.66. The Labute approximate surface area is 190 Å². The minimum absolute atomic E-state index is 0.00133. The smallest absolute Gasteiger partial charge is 0.211 e. The number of unbranched alkanes of at least 4 members (excludes halogenated alkanes) is 1. The normalized spacial score (nSPS) is 15.0. The molecule has 3 nitrogen and oxygen atoms in total. The molecule has 0 N–H and O–H groups in total. The van der Waals surface area contributed by atoms with Crippen molar-refractivity contribution in [3.05, 3.63) is 64.7 Å². The third-order valence-electron chi connectivity index (χ3n) is 5.98. The van der Waals surface area contributed by atoms with E-state index in [0.717, 1.165) is 18.2 Å². The summed E-state index contributed by atoms with van der Waals surface area (Å²) in [6, 6.07) is 8.57. The van der Waals surface area contributed by atoms with Gasteiger partial charge in [0.1, 0.15) is 11.6 Å². The van der Waals surface area contributed by atoms with Gasteiger partial charge in [-0.15, -0.1) is 0 Å². The van der Waals surface area contributed by atoms with Gasteiger partial charge in [-0.3, -0.25) is 0 Å². The molecule has 0 aliphatic rings. The average molecular weight is 489 g/mol. The lowest BCUT2D eigenvalue weighted by molar-refractivity contribution is 0.116. The lowest BCUT2D eigenvalue weighted by Crippen LogP contribution is -2.52. The van der Waals surface area contributed by atoms with Gasteiger partial charge in [0.2, 0.25) is 9.84 Å². The van der Waals surface area contributed by atoms with Gasteiger partial charge in [-0.1, -0.05) is 45.7 Å². The summed E-state index contributed by atoms with van der Waals surface area (Å²) in [5.74, 6) is -1.53. The highest BCUT2D eigenvalue weighted by molar-refractivity contribution is 7.92. The third kappa shape index (κ3) is 5.21. The molecular formula is C23H31ClF2O3SSi. The van der Waals surface area contributed by atoms with E-state index in [1.807, 2.05) is 40.8 Å². The predicted molar refractivity (Wildman–Crippen MR) is 124 cm³/mol. The van der Waals surface area contributed by atoms with Gasteiger partial charge in [0, 0.05) is 10.6 Å². The van der Waals surface area contributed by atoms with Gasteiger partial charge in [0.25, 0.3) is 0 Å². The van der Waals surface area contributed by atoms with Gasteiger partial charge in [0.15, 0.2) is 13.3 Å². The van der Waals surface area contributed by atoms with Crippen molar-refractivity contribution in [1.29, 1.82) is 0 Å². The Morgan fingerprint density at radius 2 is 1.61 bits per heavy atom. The predicted octanol–water partition coefficient (Wildman–Crippen LogP) is 7.46. The lowest BCUT2D eigenvalue weighted by atomic mass is 10.0. The van der Waals surface area contributed by atoms with Crippen molar-refractivity contribution in [2.75, 3.05) is 0 Å². The molecular weight excluding hydrogens is 458 g/mol. The monoisotopic (exact) mass is 488 g/mol. The van der Waals surface area contributed by atoms with E-state index < -0.39 is 34.7 Å². The van der Waals surface area contributed by atoms with Crippen LogP contribution in [0.2, 0.25) is 23.2 Å². The molecule has 8 heteroatoms. The second-order valence-electron chi connectivity index (χ2n) is 9.30. The topological polar surface area (TPSA) is 43.4 Å². The van der Waals surface area contributed by atoms with Gasteiger partial charge in [-0.2, -0.15) is 0 Å². The van der Waals surface area contributed by atoms with Crippen molar-refractivity contribution in [3.63, 3.8) is 0 Å². The van der Waals surface area contributed by atoms with Crippen LogP contribution < -0.4 is 0 Å². The first kappa shape index (κ1) is 26.0. The molecule has 0 fully saturated rings. The molecule has 31 heavy (non-hydrogen) atoms. The Kier molecular flexibility index (Phi) is 7.79. The van der Waals surface area contributed by atoms with Crippen molar-refractivity contribution in [1.82, 2.24) is 0 Å². The zero-order valence-electron chi connectivity index (χ0n) is 18.9. The van der Waals surface area contributed by atoms with Crippen LogP contribution in [0.4, 0.5) is 8.78 Å². The molecule has 0 aromatic heterocycles. The third-order valence-corrected chi connectivity index (χ3v) is 13.1. The van der Waals surface area contributed by atoms with E-state index in [-0.39, 0.29) is 21.9 Å². The van der Waals surface area contributed by atoms with Gasteiger partial charge in [-0.05, 0) is 73.4 Å². The number of hydrogen-bond donors (Lipinski definition) is 0. The van der Waals surface area contributed by atoms with E-state index in [4.69, 9.17) is 16.0 Å². The van der Waals surface area contributed by atoms with E-state index in [9.17, 15) is 12.8 Å². The Balaban J connectivity index is 2.91. The van der Waals surface area contributed by atoms with Crippen LogP contribution in [0.25, 0.3) is 0 Å². The van der Waals surface area contributed by atoms with Crippen molar-refractivity contribution in [2.24, 2.45) is 0 Å². The number of sulfone groups is 1. The van der Waals surface area contributed by atoms with Crippen LogP contribution in [-0.2, 0) is 19.2 Å². The summed E-state index contributed by atoms with van der Waals surface area (Å²) in [5, 5.41) is 0.0180. The fourth-order valence-electron chi connectivity index (χ4n) is 3.14. The fourth-order valence-corrected chi connectivity index (χ4v) is 7.41. The molecule has 2 rings (SSSR count). The lowest BCUT2D eigenvalue weighted by Gasteiger charge is -2.45. The Bertz CT molecular complexity index is 1020. The summed E-state index contributed by atoms with van der Waals surface area (Å²) >= 11 is 5.96. The van der Waals surface area contributed by atoms with Crippen molar-refractivity contribution >= 4 is 29.8 Å². The van der Waals surface area contributed by atoms with Crippen LogP contribution in [0.15, 0.2) is 47.4 Å². The van der Waals surface area contributed by atoms with Crippen LogP contribution >= 0.6 is 11.6 Å². The summed E-state index contributed by atoms with van der Waals surface area (Å²) in [6.07, 6.45) is 1.12. The standard InChI is InChI=1S/C23H31ClF2O3SSi/c1-7-8-15-23(29-31(5,6)22(2,3)4,20-16-18(25)11-14-21(20)26)30(27,28)19-12-9-17(24)10-13-19/h9-14,16H,7-8,15H2,1-6H3/t23-/m0/s1. The number of hydrogen-bond acceptors (Lipinski definition) is 3. The molecule has 0 radical (unpaired) electrons. The molecule has 1 atom stereocenters. The first-order valence-electron chi connectivity index (χ1n) is 10.3. The highest BCUT2D eigenvalue weighted by atomic mass is 35.5. The van der Waals surface area contributed by atoms with Gasteiger partial charge in [0.05, 0.1) is 4.90 Å². The van der Waals surface area contributed by atoms with E-state index in [2.05, 4.69) is 0 Å². The van der Waals surface area contributed by atoms with Crippen LogP contribution in [0.1, 0.15) is 52.5 Å². The molecule has 2 aromatic carbocycles. The van der Waals surface area contributed by atoms with Crippen molar-refractivity contribution in [2.45, 2.75) is 74.9 Å². The van der Waals surface area contributed by atoms with E-state index >= 15 is 4.39 Å². The fraction of sp³-hybridized carbons (Fsp3) is 0.478. The summed E-state index contributed by atoms with van der Waals surface area (Å²) in [5.41, 5.74) is -0.291. The number of benzene rings is 2. The summed E-state index contributed by atoms with van der Waals surface area (Å²) < 4.78 is 64.2. The largest absolute Gasteiger partial charge is 0.395 e. The van der Waals surface area contributed by atoms with Crippen molar-refractivity contribution < 1.29 is 21.6 Å². The second-order valence-corrected chi connectivity index (χ2v) is 16.6. The Hall–Kier alpha value is -1.28. The highest BCUT2D eigenvalue weighted by Crippen LogP contribution is 2.49. The number of halogens is 3. The van der Waals surface area contributed by atoms with Gasteiger partial charge >= 0.3 is 0 Å². The molecule has 0 spiro atoms. The second kappa shape index (κ2) is 9.30. The van der Waals surface area contributed by atoms with E-state index in [1.54, 1.807) is 0 Å². The highest BCUT2D eigenvalue weighted by Gasteiger charge is 2.54. The maximum absolute atomic E-state index is 15.2. The Morgan fingerprint density at radius 3 is 2.13 bits per heavy atom. The molecule has 0 unspecified atom stereocenters. The molecule has 0 amide bonds. The minimum atomic E-state index is -4.29. The summed E-state index contributed by atoms with van der Waals surface area (Å²) in [7, 11) is -7.05. The van der Waals surface area contributed by atoms with Crippen LogP contribution in [0.5, 0.6) is 0 Å². The summed E-state index contributed by atoms with van der Waals surface area (Å²) in [6.45, 7) is 11.6. The van der Waals surface area contributed by atoms with Crippen LogP contribution in [0, 0.1) is 11.6 Å². The van der Waals surface area contributed by atoms with E-state index in [0.29, 0.717) is 17.9 Å². The zero-order chi connectivity index (χ0) is 23.7. The van der Waals surface area contributed by atoms with Gasteiger partial charge in [-0.25, -0.2) is 17.2 Å². The van der Waals surface area contributed by atoms with Crippen LogP contribution in [-0.4, -0.2) is 16.7 Å². The molecule has 0 heterocycles. The maximum Gasteiger partial charge on any atom is 0.211 e. The molecule has 2 aromatic rings. The molecule has 0 aliphatic carbocycles. The molecule has 172 valence electrons.